The molecular formula is C12H20O3. The lowest BCUT2D eigenvalue weighted by molar-refractivity contribution is -0.150. The first-order valence-electron chi connectivity index (χ1n) is 5.02. The second-order valence-electron chi connectivity index (χ2n) is 4.33. The van der Waals surface area contributed by atoms with Crippen LogP contribution in [0.25, 0.3) is 0 Å². The summed E-state index contributed by atoms with van der Waals surface area (Å²) >= 11 is 0. The zero-order chi connectivity index (χ0) is 12.1. The molecule has 0 saturated carbocycles. The Morgan fingerprint density at radius 2 is 1.93 bits per heavy atom. The molecule has 3 nitrogen and oxygen atoms in total. The lowest BCUT2D eigenvalue weighted by Crippen LogP contribution is -2.27. The molecule has 0 aliphatic heterocycles. The molecule has 0 fully saturated rings. The summed E-state index contributed by atoms with van der Waals surface area (Å²) in [5.74, 6) is -0.476. The first kappa shape index (κ1) is 13.9. The van der Waals surface area contributed by atoms with Gasteiger partial charge in [0.05, 0.1) is 11.7 Å². The smallest absolute Gasteiger partial charge is 0.337 e. The third-order valence-corrected chi connectivity index (χ3v) is 1.55. The van der Waals surface area contributed by atoms with E-state index in [0.717, 1.165) is 0 Å². The van der Waals surface area contributed by atoms with E-state index in [1.165, 1.54) is 0 Å². The van der Waals surface area contributed by atoms with E-state index in [1.54, 1.807) is 45.9 Å². The van der Waals surface area contributed by atoms with E-state index in [-0.39, 0.29) is 5.57 Å². The molecule has 0 saturated heterocycles. The Balaban J connectivity index is 4.73. The first-order valence-corrected chi connectivity index (χ1v) is 5.02. The lowest BCUT2D eigenvalue weighted by Gasteiger charge is -2.21. The van der Waals surface area contributed by atoms with Gasteiger partial charge in [0.25, 0.3) is 0 Å². The van der Waals surface area contributed by atoms with Crippen molar-refractivity contribution in [2.24, 2.45) is 0 Å². The fourth-order valence-corrected chi connectivity index (χ4v) is 0.915. The molecule has 0 unspecified atom stereocenters. The molecule has 0 aromatic heterocycles. The minimum Gasteiger partial charge on any atom is -0.457 e. The molecule has 0 heterocycles. The molecule has 0 radical (unpaired) electrons. The summed E-state index contributed by atoms with van der Waals surface area (Å²) in [5, 5.41) is 9.40. The van der Waals surface area contributed by atoms with Crippen molar-refractivity contribution in [3.8, 4) is 0 Å². The molecule has 15 heavy (non-hydrogen) atoms. The normalized spacial score (nSPS) is 15.5. The second-order valence-corrected chi connectivity index (χ2v) is 4.33. The zero-order valence-corrected chi connectivity index (χ0v) is 10.1. The Morgan fingerprint density at radius 3 is 2.27 bits per heavy atom. The predicted molar refractivity (Wildman–Crippen MR) is 60.4 cm³/mol. The van der Waals surface area contributed by atoms with Crippen molar-refractivity contribution >= 4 is 5.97 Å². The van der Waals surface area contributed by atoms with Gasteiger partial charge in [-0.1, -0.05) is 12.2 Å². The summed E-state index contributed by atoms with van der Waals surface area (Å²) in [6, 6.07) is 0. The van der Waals surface area contributed by atoms with Gasteiger partial charge < -0.3 is 9.84 Å². The van der Waals surface area contributed by atoms with E-state index in [4.69, 9.17) is 4.74 Å². The van der Waals surface area contributed by atoms with E-state index >= 15 is 0 Å². The highest BCUT2D eigenvalue weighted by Gasteiger charge is 2.21. The highest BCUT2D eigenvalue weighted by atomic mass is 16.6. The summed E-state index contributed by atoms with van der Waals surface area (Å²) in [4.78, 5) is 11.6. The second kappa shape index (κ2) is 5.71. The largest absolute Gasteiger partial charge is 0.457 e. The van der Waals surface area contributed by atoms with Crippen LogP contribution in [0.3, 0.4) is 0 Å². The Morgan fingerprint density at radius 1 is 1.40 bits per heavy atom. The highest BCUT2D eigenvalue weighted by Crippen LogP contribution is 2.13. The van der Waals surface area contributed by atoms with E-state index in [1.807, 2.05) is 6.92 Å². The Hall–Kier alpha value is -1.09. The molecule has 0 aliphatic carbocycles. The van der Waals surface area contributed by atoms with Gasteiger partial charge in [-0.15, -0.1) is 0 Å². The number of carbonyl (C=O) groups excluding carboxylic acids is 1. The van der Waals surface area contributed by atoms with Crippen LogP contribution in [0.2, 0.25) is 0 Å². The molecule has 0 aromatic rings. The average Bonchev–Trinajstić information content (AvgIpc) is 2.00. The minimum atomic E-state index is -0.823. The fourth-order valence-electron chi connectivity index (χ4n) is 0.915. The summed E-state index contributed by atoms with van der Waals surface area (Å²) in [6.07, 6.45) is 4.23. The molecule has 86 valence electrons. The molecule has 1 atom stereocenters. The first-order chi connectivity index (χ1) is 6.78. The van der Waals surface area contributed by atoms with Crippen molar-refractivity contribution in [3.63, 3.8) is 0 Å². The molecule has 0 amide bonds. The maximum Gasteiger partial charge on any atom is 0.337 e. The van der Waals surface area contributed by atoms with Crippen molar-refractivity contribution in [1.82, 2.24) is 0 Å². The van der Waals surface area contributed by atoms with Crippen LogP contribution in [-0.2, 0) is 9.53 Å². The van der Waals surface area contributed by atoms with Gasteiger partial charge in [0.2, 0.25) is 0 Å². The summed E-state index contributed by atoms with van der Waals surface area (Å²) in [7, 11) is 0. The quantitative estimate of drug-likeness (QED) is 0.443. The zero-order valence-electron chi connectivity index (χ0n) is 10.1. The standard InChI is InChI=1S/C12H20O3/c1-6-7-8-10(9(2)13)11(14)15-12(3,4)5/h6-9,13H,1-5H3/b7-6+,10-8+/t9-/m1/s1. The molecule has 0 aliphatic rings. The number of ether oxygens (including phenoxy) is 1. The van der Waals surface area contributed by atoms with Crippen LogP contribution in [0, 0.1) is 0 Å². The number of hydrogen-bond acceptors (Lipinski definition) is 3. The van der Waals surface area contributed by atoms with Crippen molar-refractivity contribution in [3.05, 3.63) is 23.8 Å². The number of carbonyl (C=O) groups is 1. The van der Waals surface area contributed by atoms with E-state index in [0.29, 0.717) is 0 Å². The molecule has 3 heteroatoms. The van der Waals surface area contributed by atoms with Gasteiger partial charge in [-0.3, -0.25) is 0 Å². The van der Waals surface area contributed by atoms with Gasteiger partial charge in [0.1, 0.15) is 5.60 Å². The minimum absolute atomic E-state index is 0.267. The van der Waals surface area contributed by atoms with Crippen LogP contribution in [0.4, 0.5) is 0 Å². The molecule has 0 rings (SSSR count). The van der Waals surface area contributed by atoms with E-state index in [2.05, 4.69) is 0 Å². The van der Waals surface area contributed by atoms with Gasteiger partial charge in [-0.2, -0.15) is 0 Å². The number of esters is 1. The SMILES string of the molecule is C/C=C/C=C(/C(=O)OC(C)(C)C)[C@@H](C)O. The molecule has 0 bridgehead atoms. The number of allylic oxidation sites excluding steroid dienone is 3. The van der Waals surface area contributed by atoms with Crippen LogP contribution in [0.1, 0.15) is 34.6 Å². The average molecular weight is 212 g/mol. The lowest BCUT2D eigenvalue weighted by atomic mass is 10.1. The van der Waals surface area contributed by atoms with Crippen molar-refractivity contribution in [2.45, 2.75) is 46.3 Å². The van der Waals surface area contributed by atoms with E-state index in [9.17, 15) is 9.90 Å². The number of hydrogen-bond donors (Lipinski definition) is 1. The number of aliphatic hydroxyl groups excluding tert-OH is 1. The molecule has 0 aromatic carbocycles. The van der Waals surface area contributed by atoms with Crippen LogP contribution in [-0.4, -0.2) is 22.8 Å². The van der Waals surface area contributed by atoms with Gasteiger partial charge in [0, 0.05) is 0 Å². The third kappa shape index (κ3) is 6.07. The monoisotopic (exact) mass is 212 g/mol. The van der Waals surface area contributed by atoms with Crippen molar-refractivity contribution in [1.29, 1.82) is 0 Å². The maximum absolute atomic E-state index is 11.6. The Bertz CT molecular complexity index is 267. The predicted octanol–water partition coefficient (Wildman–Crippen LogP) is 2.21. The highest BCUT2D eigenvalue weighted by molar-refractivity contribution is 5.90. The summed E-state index contributed by atoms with van der Waals surface area (Å²) in [6.45, 7) is 8.76. The topological polar surface area (TPSA) is 46.5 Å². The molecule has 1 N–H and O–H groups in total. The molecular weight excluding hydrogens is 192 g/mol. The summed E-state index contributed by atoms with van der Waals surface area (Å²) in [5.41, 5.74) is -0.274. The fraction of sp³-hybridized carbons (Fsp3) is 0.583. The summed E-state index contributed by atoms with van der Waals surface area (Å²) < 4.78 is 5.16. The van der Waals surface area contributed by atoms with E-state index < -0.39 is 17.7 Å². The maximum atomic E-state index is 11.6. The van der Waals surface area contributed by atoms with Gasteiger partial charge >= 0.3 is 5.97 Å². The Labute approximate surface area is 91.4 Å². The third-order valence-electron chi connectivity index (χ3n) is 1.55. The van der Waals surface area contributed by atoms with Crippen LogP contribution >= 0.6 is 0 Å². The van der Waals surface area contributed by atoms with Crippen LogP contribution in [0.5, 0.6) is 0 Å². The van der Waals surface area contributed by atoms with Crippen LogP contribution < -0.4 is 0 Å². The van der Waals surface area contributed by atoms with Crippen molar-refractivity contribution < 1.29 is 14.6 Å². The van der Waals surface area contributed by atoms with Gasteiger partial charge in [0.15, 0.2) is 0 Å². The van der Waals surface area contributed by atoms with Gasteiger partial charge in [-0.05, 0) is 40.7 Å². The van der Waals surface area contributed by atoms with Crippen LogP contribution in [0.15, 0.2) is 23.8 Å². The number of rotatable bonds is 3. The Kier molecular flexibility index (Phi) is 5.29. The van der Waals surface area contributed by atoms with Crippen molar-refractivity contribution in [2.75, 3.05) is 0 Å². The number of aliphatic hydroxyl groups is 1. The van der Waals surface area contributed by atoms with Gasteiger partial charge in [-0.25, -0.2) is 4.79 Å². The molecule has 0 spiro atoms.